The highest BCUT2D eigenvalue weighted by molar-refractivity contribution is 6.00. The molecule has 2 N–H and O–H groups in total. The first-order valence-electron chi connectivity index (χ1n) is 8.17. The van der Waals surface area contributed by atoms with Gasteiger partial charge in [0, 0.05) is 11.8 Å². The number of fused-ring (bicyclic) bond motifs is 1. The highest BCUT2D eigenvalue weighted by Crippen LogP contribution is 2.40. The number of hydrogen-bond donors (Lipinski definition) is 2. The monoisotopic (exact) mass is 342 g/mol. The summed E-state index contributed by atoms with van der Waals surface area (Å²) in [5.74, 6) is 0. The lowest BCUT2D eigenvalue weighted by Crippen LogP contribution is -2.51. The van der Waals surface area contributed by atoms with Crippen LogP contribution in [-0.4, -0.2) is 44.8 Å². The molecule has 2 aliphatic rings. The maximum atomic E-state index is 11.6. The van der Waals surface area contributed by atoms with Gasteiger partial charge in [0.15, 0.2) is 0 Å². The van der Waals surface area contributed by atoms with E-state index in [1.165, 1.54) is 9.80 Å². The molecule has 0 bridgehead atoms. The lowest BCUT2D eigenvalue weighted by atomic mass is 10.0. The van der Waals surface area contributed by atoms with Gasteiger partial charge in [-0.05, 0) is 37.5 Å². The van der Waals surface area contributed by atoms with E-state index < -0.39 is 18.2 Å². The van der Waals surface area contributed by atoms with E-state index in [9.17, 15) is 19.8 Å². The third-order valence-corrected chi connectivity index (χ3v) is 4.71. The number of amides is 2. The summed E-state index contributed by atoms with van der Waals surface area (Å²) < 4.78 is 1.93. The fraction of sp³-hybridized carbons (Fsp3) is 0.353. The van der Waals surface area contributed by atoms with Gasteiger partial charge in [-0.3, -0.25) is 14.5 Å². The van der Waals surface area contributed by atoms with E-state index >= 15 is 0 Å². The number of benzene rings is 1. The largest absolute Gasteiger partial charge is 0.465 e. The Bertz CT molecular complexity index is 858. The molecule has 4 rings (SSSR count). The molecule has 130 valence electrons. The Balaban J connectivity index is 1.78. The first kappa shape index (κ1) is 15.5. The van der Waals surface area contributed by atoms with Crippen LogP contribution in [0.4, 0.5) is 21.0 Å². The fourth-order valence-electron chi connectivity index (χ4n) is 3.30. The summed E-state index contributed by atoms with van der Waals surface area (Å²) in [5.41, 5.74) is 2.47. The molecule has 1 aliphatic carbocycles. The molecule has 8 nitrogen and oxygen atoms in total. The van der Waals surface area contributed by atoms with Crippen LogP contribution in [0.25, 0.3) is 11.1 Å². The van der Waals surface area contributed by atoms with Crippen molar-refractivity contribution in [3.63, 3.8) is 0 Å². The topological polar surface area (TPSA) is 98.9 Å². The van der Waals surface area contributed by atoms with Gasteiger partial charge in [0.25, 0.3) is 0 Å². The van der Waals surface area contributed by atoms with Crippen molar-refractivity contribution in [3.8, 4) is 11.1 Å². The van der Waals surface area contributed by atoms with Crippen LogP contribution in [0, 0.1) is 0 Å². The number of rotatable bonds is 2. The molecule has 0 radical (unpaired) electrons. The van der Waals surface area contributed by atoms with Crippen LogP contribution in [0.15, 0.2) is 30.6 Å². The molecule has 25 heavy (non-hydrogen) atoms. The molecule has 2 amide bonds. The van der Waals surface area contributed by atoms with Crippen molar-refractivity contribution in [2.75, 3.05) is 16.3 Å². The molecule has 0 saturated heterocycles. The van der Waals surface area contributed by atoms with Gasteiger partial charge < -0.3 is 10.2 Å². The van der Waals surface area contributed by atoms with E-state index in [1.54, 1.807) is 31.3 Å². The van der Waals surface area contributed by atoms with Crippen LogP contribution < -0.4 is 9.80 Å². The van der Waals surface area contributed by atoms with Crippen molar-refractivity contribution in [1.29, 1.82) is 0 Å². The molecule has 2 heterocycles. The zero-order valence-corrected chi connectivity index (χ0v) is 13.7. The molecule has 8 heteroatoms. The quantitative estimate of drug-likeness (QED) is 0.873. The van der Waals surface area contributed by atoms with Gasteiger partial charge in [0.1, 0.15) is 0 Å². The van der Waals surface area contributed by atoms with Crippen LogP contribution >= 0.6 is 0 Å². The first-order chi connectivity index (χ1) is 12.0. The predicted molar refractivity (Wildman–Crippen MR) is 91.3 cm³/mol. The summed E-state index contributed by atoms with van der Waals surface area (Å²) in [6, 6.07) is 5.20. The standard InChI is InChI=1S/C17H18N4O4/c1-10-8-19(16(22)23)15-6-11(2-5-14(15)21(10)17(24)25)12-7-18-20(9-12)13-3-4-13/h2,5-7,9-10,13H,3-4,8H2,1H3,(H,22,23)(H,24,25)/t10-/m0/s1. The Hall–Kier alpha value is -3.03. The van der Waals surface area contributed by atoms with Gasteiger partial charge in [-0.25, -0.2) is 9.59 Å². The van der Waals surface area contributed by atoms with Crippen molar-refractivity contribution in [3.05, 3.63) is 30.6 Å². The van der Waals surface area contributed by atoms with Crippen molar-refractivity contribution >= 4 is 23.6 Å². The smallest absolute Gasteiger partial charge is 0.412 e. The third kappa shape index (κ3) is 2.59. The first-order valence-corrected chi connectivity index (χ1v) is 8.17. The third-order valence-electron chi connectivity index (χ3n) is 4.71. The molecule has 2 aromatic rings. The molecule has 1 saturated carbocycles. The highest BCUT2D eigenvalue weighted by atomic mass is 16.4. The van der Waals surface area contributed by atoms with E-state index in [0.29, 0.717) is 17.4 Å². The minimum absolute atomic E-state index is 0.0966. The van der Waals surface area contributed by atoms with E-state index in [1.807, 2.05) is 10.9 Å². The fourth-order valence-corrected chi connectivity index (χ4v) is 3.30. The van der Waals surface area contributed by atoms with Crippen molar-refractivity contribution < 1.29 is 19.8 Å². The zero-order valence-electron chi connectivity index (χ0n) is 13.7. The van der Waals surface area contributed by atoms with E-state index in [0.717, 1.165) is 24.0 Å². The van der Waals surface area contributed by atoms with Gasteiger partial charge >= 0.3 is 12.2 Å². The van der Waals surface area contributed by atoms with Crippen molar-refractivity contribution in [2.24, 2.45) is 0 Å². The predicted octanol–water partition coefficient (Wildman–Crippen LogP) is 3.26. The number of carboxylic acid groups (broad SMARTS) is 2. The Labute approximate surface area is 143 Å². The summed E-state index contributed by atoms with van der Waals surface area (Å²) in [5, 5.41) is 23.4. The lowest BCUT2D eigenvalue weighted by molar-refractivity contribution is 0.194. The van der Waals surface area contributed by atoms with Gasteiger partial charge in [-0.2, -0.15) is 5.10 Å². The maximum absolute atomic E-state index is 11.6. The van der Waals surface area contributed by atoms with Crippen LogP contribution in [0.2, 0.25) is 0 Å². The van der Waals surface area contributed by atoms with Gasteiger partial charge in [-0.15, -0.1) is 0 Å². The Morgan fingerprint density at radius 1 is 1.12 bits per heavy atom. The van der Waals surface area contributed by atoms with Crippen molar-refractivity contribution in [2.45, 2.75) is 31.8 Å². The average molecular weight is 342 g/mol. The van der Waals surface area contributed by atoms with Crippen LogP contribution in [0.5, 0.6) is 0 Å². The molecule has 1 atom stereocenters. The second kappa shape index (κ2) is 5.51. The summed E-state index contributed by atoms with van der Waals surface area (Å²) >= 11 is 0. The maximum Gasteiger partial charge on any atom is 0.412 e. The number of nitrogens with zero attached hydrogens (tertiary/aromatic N) is 4. The molecular weight excluding hydrogens is 324 g/mol. The summed E-state index contributed by atoms with van der Waals surface area (Å²) in [6.07, 6.45) is 3.78. The normalized spacial score (nSPS) is 19.6. The molecule has 0 unspecified atom stereocenters. The van der Waals surface area contributed by atoms with Gasteiger partial charge in [0.2, 0.25) is 0 Å². The zero-order chi connectivity index (χ0) is 17.7. The van der Waals surface area contributed by atoms with Crippen LogP contribution in [0.3, 0.4) is 0 Å². The lowest BCUT2D eigenvalue weighted by Gasteiger charge is -2.38. The Morgan fingerprint density at radius 2 is 1.88 bits per heavy atom. The summed E-state index contributed by atoms with van der Waals surface area (Å²) in [6.45, 7) is 1.79. The number of anilines is 2. The average Bonchev–Trinajstić information content (AvgIpc) is 3.30. The Kier molecular flexibility index (Phi) is 3.41. The molecular formula is C17H18N4O4. The van der Waals surface area contributed by atoms with Crippen molar-refractivity contribution in [1.82, 2.24) is 9.78 Å². The van der Waals surface area contributed by atoms with Crippen LogP contribution in [-0.2, 0) is 0 Å². The second-order valence-corrected chi connectivity index (χ2v) is 6.54. The van der Waals surface area contributed by atoms with E-state index in [4.69, 9.17) is 0 Å². The minimum Gasteiger partial charge on any atom is -0.465 e. The van der Waals surface area contributed by atoms with E-state index in [-0.39, 0.29) is 6.54 Å². The van der Waals surface area contributed by atoms with Gasteiger partial charge in [0.05, 0.1) is 36.2 Å². The van der Waals surface area contributed by atoms with Crippen LogP contribution in [0.1, 0.15) is 25.8 Å². The second-order valence-electron chi connectivity index (χ2n) is 6.54. The van der Waals surface area contributed by atoms with E-state index in [2.05, 4.69) is 5.10 Å². The number of aromatic nitrogens is 2. The highest BCUT2D eigenvalue weighted by Gasteiger charge is 2.35. The SMILES string of the molecule is C[C@H]1CN(C(=O)O)c2cc(-c3cnn(C4CC4)c3)ccc2N1C(=O)O. The molecule has 1 fully saturated rings. The molecule has 0 spiro atoms. The Morgan fingerprint density at radius 3 is 2.52 bits per heavy atom. The molecule has 1 aromatic heterocycles. The molecule has 1 aromatic carbocycles. The summed E-state index contributed by atoms with van der Waals surface area (Å²) in [7, 11) is 0. The molecule has 1 aliphatic heterocycles. The summed E-state index contributed by atoms with van der Waals surface area (Å²) in [4.78, 5) is 25.6. The minimum atomic E-state index is -1.09. The van der Waals surface area contributed by atoms with Gasteiger partial charge in [-0.1, -0.05) is 6.07 Å². The number of carbonyl (C=O) groups is 2. The number of hydrogen-bond acceptors (Lipinski definition) is 3.